The number of carbonyl (C=O) groups excluding carboxylic acids is 1. The van der Waals surface area contributed by atoms with E-state index in [2.05, 4.69) is 49.7 Å². The molecule has 18 heavy (non-hydrogen) atoms. The summed E-state index contributed by atoms with van der Waals surface area (Å²) < 4.78 is 5.52. The van der Waals surface area contributed by atoms with Gasteiger partial charge in [-0.05, 0) is 24.0 Å². The van der Waals surface area contributed by atoms with Crippen LogP contribution in [-0.2, 0) is 9.53 Å². The summed E-state index contributed by atoms with van der Waals surface area (Å²) in [6.07, 6.45) is 1.33. The van der Waals surface area contributed by atoms with E-state index in [1.54, 1.807) is 7.11 Å². The molecule has 0 bridgehead atoms. The van der Waals surface area contributed by atoms with Crippen molar-refractivity contribution < 1.29 is 9.53 Å². The fourth-order valence-electron chi connectivity index (χ4n) is 3.82. The third-order valence-corrected chi connectivity index (χ3v) is 26.9. The molecule has 0 aromatic carbocycles. The summed E-state index contributed by atoms with van der Waals surface area (Å²) in [6.45, 7) is 9.86. The Kier molecular flexibility index (Phi) is 4.05. The third kappa shape index (κ3) is 1.94. The fraction of sp³-hybridized carbons (Fsp3) is 0.917. The Morgan fingerprint density at radius 2 is 1.78 bits per heavy atom. The molecule has 0 saturated carbocycles. The molecule has 0 N–H and O–H groups in total. The maximum atomic E-state index is 12.2. The van der Waals surface area contributed by atoms with Gasteiger partial charge in [0.2, 0.25) is 0 Å². The molecule has 2 nitrogen and oxygen atoms in total. The van der Waals surface area contributed by atoms with E-state index in [-0.39, 0.29) is 11.5 Å². The Morgan fingerprint density at radius 1 is 1.22 bits per heavy atom. The molecule has 0 radical (unpaired) electrons. The number of hydrogen-bond donors (Lipinski definition) is 0. The highest BCUT2D eigenvalue weighted by Crippen LogP contribution is 2.64. The first kappa shape index (κ1) is 15.0. The largest absolute Gasteiger partial charge is 0.469 e. The molecule has 0 amide bonds. The highest BCUT2D eigenvalue weighted by atomic mass is 32.2. The Balaban J connectivity index is 2.41. The molecule has 1 unspecified atom stereocenters. The minimum Gasteiger partial charge on any atom is -0.469 e. The number of carbonyl (C=O) groups is 1. The maximum Gasteiger partial charge on any atom is 0.305 e. The van der Waals surface area contributed by atoms with Crippen molar-refractivity contribution in [3.05, 3.63) is 0 Å². The molecule has 0 aliphatic carbocycles. The van der Waals surface area contributed by atoms with Crippen LogP contribution in [0.4, 0.5) is 0 Å². The molecule has 2 aliphatic heterocycles. The minimum absolute atomic E-state index is 0.0656. The van der Waals surface area contributed by atoms with E-state index in [1.165, 1.54) is 17.9 Å². The standard InChI is InChI=1S/C12H24O2S2Si2/c1-14-11(13)10-9-17(2,3)12(18(10,4)5)15-7-6-8-16-12/h10H,6-9H2,1-5H3. The van der Waals surface area contributed by atoms with Gasteiger partial charge in [-0.2, -0.15) is 23.5 Å². The molecule has 2 saturated heterocycles. The van der Waals surface area contributed by atoms with Gasteiger partial charge in [-0.1, -0.05) is 26.2 Å². The second kappa shape index (κ2) is 4.86. The van der Waals surface area contributed by atoms with Crippen molar-refractivity contribution >= 4 is 45.6 Å². The van der Waals surface area contributed by atoms with Crippen molar-refractivity contribution in [2.45, 2.75) is 47.5 Å². The minimum atomic E-state index is -1.63. The Bertz CT molecular complexity index is 352. The zero-order chi connectivity index (χ0) is 13.6. The van der Waals surface area contributed by atoms with Crippen LogP contribution in [0.25, 0.3) is 0 Å². The Labute approximate surface area is 121 Å². The van der Waals surface area contributed by atoms with Crippen LogP contribution in [0.1, 0.15) is 6.42 Å². The van der Waals surface area contributed by atoms with Gasteiger partial charge in [0.1, 0.15) is 0 Å². The number of hydrogen-bond acceptors (Lipinski definition) is 4. The molecule has 2 fully saturated rings. The van der Waals surface area contributed by atoms with E-state index in [0.29, 0.717) is 3.33 Å². The molecule has 1 spiro atoms. The van der Waals surface area contributed by atoms with E-state index >= 15 is 0 Å². The Hall–Kier alpha value is 0.604. The molecule has 104 valence electrons. The molecule has 2 aliphatic rings. The highest BCUT2D eigenvalue weighted by molar-refractivity contribution is 8.24. The van der Waals surface area contributed by atoms with E-state index in [0.717, 1.165) is 6.04 Å². The molecule has 0 aromatic heterocycles. The van der Waals surface area contributed by atoms with Crippen molar-refractivity contribution in [1.29, 1.82) is 0 Å². The summed E-state index contributed by atoms with van der Waals surface area (Å²) in [6, 6.07) is 1.14. The summed E-state index contributed by atoms with van der Waals surface area (Å²) in [4.78, 5) is 12.2. The van der Waals surface area contributed by atoms with Crippen LogP contribution < -0.4 is 0 Å². The maximum absolute atomic E-state index is 12.2. The first-order chi connectivity index (χ1) is 8.28. The van der Waals surface area contributed by atoms with Crippen molar-refractivity contribution in [2.75, 3.05) is 18.6 Å². The first-order valence-electron chi connectivity index (χ1n) is 6.64. The highest BCUT2D eigenvalue weighted by Gasteiger charge is 2.69. The van der Waals surface area contributed by atoms with Crippen LogP contribution >= 0.6 is 23.5 Å². The predicted molar refractivity (Wildman–Crippen MR) is 87.8 cm³/mol. The topological polar surface area (TPSA) is 26.3 Å². The lowest BCUT2D eigenvalue weighted by Gasteiger charge is -2.49. The molecule has 1 atom stereocenters. The zero-order valence-corrected chi connectivity index (χ0v) is 15.7. The van der Waals surface area contributed by atoms with E-state index < -0.39 is 16.1 Å². The van der Waals surface area contributed by atoms with Crippen molar-refractivity contribution in [1.82, 2.24) is 0 Å². The summed E-state index contributed by atoms with van der Waals surface area (Å²) in [7, 11) is -1.46. The second-order valence-electron chi connectivity index (χ2n) is 6.55. The molecule has 2 rings (SSSR count). The van der Waals surface area contributed by atoms with Gasteiger partial charge in [0.15, 0.2) is 0 Å². The third-order valence-electron chi connectivity index (χ3n) is 4.71. The van der Waals surface area contributed by atoms with Crippen LogP contribution in [0.5, 0.6) is 0 Å². The lowest BCUT2D eigenvalue weighted by molar-refractivity contribution is -0.140. The van der Waals surface area contributed by atoms with Crippen LogP contribution in [0, 0.1) is 0 Å². The van der Waals surface area contributed by atoms with Crippen molar-refractivity contribution in [2.24, 2.45) is 0 Å². The van der Waals surface area contributed by atoms with Crippen molar-refractivity contribution in [3.8, 4) is 0 Å². The smallest absolute Gasteiger partial charge is 0.305 e. The van der Waals surface area contributed by atoms with Gasteiger partial charge in [-0.15, -0.1) is 0 Å². The summed E-state index contributed by atoms with van der Waals surface area (Å²) in [5, 5.41) is 0. The van der Waals surface area contributed by atoms with Gasteiger partial charge >= 0.3 is 5.97 Å². The van der Waals surface area contributed by atoms with Crippen molar-refractivity contribution in [3.63, 3.8) is 0 Å². The van der Waals surface area contributed by atoms with Gasteiger partial charge in [0.25, 0.3) is 0 Å². The SMILES string of the molecule is COC(=O)C1C[Si](C)(C)C2(SCCCS2)[Si]1(C)C. The lowest BCUT2D eigenvalue weighted by atomic mass is 10.5. The van der Waals surface area contributed by atoms with Gasteiger partial charge in [-0.3, -0.25) is 4.79 Å². The van der Waals surface area contributed by atoms with Crippen LogP contribution in [0.2, 0.25) is 37.8 Å². The number of thioether (sulfide) groups is 2. The monoisotopic (exact) mass is 320 g/mol. The number of esters is 1. The lowest BCUT2D eigenvalue weighted by Crippen LogP contribution is -2.60. The Morgan fingerprint density at radius 3 is 2.28 bits per heavy atom. The molecule has 6 heteroatoms. The zero-order valence-electron chi connectivity index (χ0n) is 12.0. The van der Waals surface area contributed by atoms with Gasteiger partial charge < -0.3 is 4.74 Å². The van der Waals surface area contributed by atoms with E-state index in [1.807, 2.05) is 0 Å². The molecular formula is C12H24O2S2Si2. The second-order valence-corrected chi connectivity index (χ2v) is 21.2. The van der Waals surface area contributed by atoms with Crippen LogP contribution in [0.3, 0.4) is 0 Å². The molecular weight excluding hydrogens is 296 g/mol. The predicted octanol–water partition coefficient (Wildman–Crippen LogP) is 3.60. The normalized spacial score (nSPS) is 32.4. The summed E-state index contributed by atoms with van der Waals surface area (Å²) in [5.41, 5.74) is 0.224. The van der Waals surface area contributed by atoms with Gasteiger partial charge in [0, 0.05) is 3.33 Å². The number of rotatable bonds is 1. The summed E-state index contributed by atoms with van der Waals surface area (Å²) in [5.74, 6) is 2.64. The van der Waals surface area contributed by atoms with Crippen LogP contribution in [0.15, 0.2) is 0 Å². The quantitative estimate of drug-likeness (QED) is 0.545. The number of methoxy groups -OCH3 is 1. The molecule has 0 aromatic rings. The van der Waals surface area contributed by atoms with Gasteiger partial charge in [-0.25, -0.2) is 0 Å². The summed E-state index contributed by atoms with van der Waals surface area (Å²) >= 11 is 4.39. The fourth-order valence-corrected chi connectivity index (χ4v) is 28.7. The average molecular weight is 321 g/mol. The van der Waals surface area contributed by atoms with E-state index in [4.69, 9.17) is 4.74 Å². The van der Waals surface area contributed by atoms with Gasteiger partial charge in [0.05, 0.1) is 28.8 Å². The average Bonchev–Trinajstić information content (AvgIpc) is 2.48. The van der Waals surface area contributed by atoms with Crippen LogP contribution in [-0.4, -0.2) is 44.1 Å². The number of ether oxygens (including phenoxy) is 1. The van der Waals surface area contributed by atoms with E-state index in [9.17, 15) is 4.79 Å². The first-order valence-corrected chi connectivity index (χ1v) is 14.9. The molecule has 2 heterocycles.